The van der Waals surface area contributed by atoms with Crippen molar-refractivity contribution in [2.75, 3.05) is 6.54 Å². The van der Waals surface area contributed by atoms with Gasteiger partial charge in [0.25, 0.3) is 0 Å². The fraction of sp³-hybridized carbons (Fsp3) is 0.647. The van der Waals surface area contributed by atoms with Gasteiger partial charge in [-0.05, 0) is 35.8 Å². The molecule has 0 spiro atoms. The molecule has 0 amide bonds. The van der Waals surface area contributed by atoms with E-state index in [0.29, 0.717) is 11.5 Å². The van der Waals surface area contributed by atoms with Gasteiger partial charge in [-0.1, -0.05) is 58.9 Å². The van der Waals surface area contributed by atoms with Gasteiger partial charge in [-0.15, -0.1) is 0 Å². The zero-order valence-electron chi connectivity index (χ0n) is 12.7. The van der Waals surface area contributed by atoms with Gasteiger partial charge in [0, 0.05) is 12.6 Å². The van der Waals surface area contributed by atoms with E-state index in [1.807, 2.05) is 0 Å². The maximum absolute atomic E-state index is 3.58. The normalized spacial score (nSPS) is 14.8. The lowest BCUT2D eigenvalue weighted by Gasteiger charge is -2.30. The van der Waals surface area contributed by atoms with E-state index in [-0.39, 0.29) is 0 Å². The van der Waals surface area contributed by atoms with Crippen LogP contribution in [0.4, 0.5) is 0 Å². The lowest BCUT2D eigenvalue weighted by Crippen LogP contribution is -2.36. The Hall–Kier alpha value is -0.820. The van der Waals surface area contributed by atoms with Crippen LogP contribution in [0.1, 0.15) is 52.2 Å². The fourth-order valence-electron chi connectivity index (χ4n) is 2.15. The first kappa shape index (κ1) is 15.2. The average molecular weight is 247 g/mol. The number of hydrogen-bond acceptors (Lipinski definition) is 1. The smallest absolute Gasteiger partial charge is 0.00106 e. The fourth-order valence-corrected chi connectivity index (χ4v) is 2.15. The van der Waals surface area contributed by atoms with Crippen molar-refractivity contribution in [1.29, 1.82) is 0 Å². The second kappa shape index (κ2) is 6.94. The summed E-state index contributed by atoms with van der Waals surface area (Å²) < 4.78 is 0. The molecule has 1 aromatic carbocycles. The number of benzene rings is 1. The monoisotopic (exact) mass is 247 g/mol. The van der Waals surface area contributed by atoms with E-state index < -0.39 is 0 Å². The Morgan fingerprint density at radius 1 is 1.06 bits per heavy atom. The third-order valence-electron chi connectivity index (χ3n) is 3.85. The third kappa shape index (κ3) is 4.81. The molecule has 1 heteroatoms. The van der Waals surface area contributed by atoms with Gasteiger partial charge in [0.1, 0.15) is 0 Å². The number of rotatable bonds is 7. The van der Waals surface area contributed by atoms with Gasteiger partial charge >= 0.3 is 0 Å². The Morgan fingerprint density at radius 3 is 2.06 bits per heavy atom. The Morgan fingerprint density at radius 2 is 1.61 bits per heavy atom. The van der Waals surface area contributed by atoms with Crippen LogP contribution in [0.15, 0.2) is 24.3 Å². The molecule has 0 radical (unpaired) electrons. The largest absolute Gasteiger partial charge is 0.314 e. The predicted octanol–water partition coefficient (Wildman–Crippen LogP) is 4.21. The van der Waals surface area contributed by atoms with Gasteiger partial charge < -0.3 is 5.32 Å². The second-order valence-corrected chi connectivity index (χ2v) is 6.05. The molecule has 0 aromatic heterocycles. The summed E-state index contributed by atoms with van der Waals surface area (Å²) >= 11 is 0. The van der Waals surface area contributed by atoms with E-state index in [4.69, 9.17) is 0 Å². The van der Waals surface area contributed by atoms with Gasteiger partial charge in [0.2, 0.25) is 0 Å². The van der Waals surface area contributed by atoms with Crippen molar-refractivity contribution in [2.45, 2.75) is 59.9 Å². The van der Waals surface area contributed by atoms with Crippen molar-refractivity contribution in [2.24, 2.45) is 5.41 Å². The molecule has 18 heavy (non-hydrogen) atoms. The van der Waals surface area contributed by atoms with Crippen LogP contribution in [0.2, 0.25) is 0 Å². The maximum atomic E-state index is 3.58. The van der Waals surface area contributed by atoms with Crippen molar-refractivity contribution in [3.8, 4) is 0 Å². The molecule has 1 aromatic rings. The molecule has 0 saturated heterocycles. The van der Waals surface area contributed by atoms with E-state index in [9.17, 15) is 0 Å². The molecule has 1 atom stereocenters. The Balaban J connectivity index is 2.65. The Bertz CT molecular complexity index is 339. The topological polar surface area (TPSA) is 12.0 Å². The van der Waals surface area contributed by atoms with Crippen LogP contribution in [-0.4, -0.2) is 12.6 Å². The van der Waals surface area contributed by atoms with Crippen molar-refractivity contribution in [3.05, 3.63) is 35.4 Å². The molecule has 1 rings (SSSR count). The molecule has 1 unspecified atom stereocenters. The van der Waals surface area contributed by atoms with Crippen LogP contribution in [0, 0.1) is 5.41 Å². The van der Waals surface area contributed by atoms with Crippen LogP contribution in [0.5, 0.6) is 0 Å². The molecule has 1 nitrogen and oxygen atoms in total. The lowest BCUT2D eigenvalue weighted by atomic mass is 9.81. The summed E-state index contributed by atoms with van der Waals surface area (Å²) in [6, 6.07) is 9.69. The van der Waals surface area contributed by atoms with E-state index in [1.165, 1.54) is 17.5 Å². The molecule has 0 aliphatic rings. The number of aryl methyl sites for hydroxylation is 1. The zero-order chi connectivity index (χ0) is 13.6. The molecule has 0 saturated carbocycles. The quantitative estimate of drug-likeness (QED) is 0.761. The summed E-state index contributed by atoms with van der Waals surface area (Å²) in [5.74, 6) is 0. The van der Waals surface area contributed by atoms with Gasteiger partial charge in [0.05, 0.1) is 0 Å². The van der Waals surface area contributed by atoms with Crippen LogP contribution < -0.4 is 5.32 Å². The van der Waals surface area contributed by atoms with Crippen molar-refractivity contribution < 1.29 is 0 Å². The zero-order valence-corrected chi connectivity index (χ0v) is 12.7. The van der Waals surface area contributed by atoms with Crippen LogP contribution in [0.3, 0.4) is 0 Å². The molecule has 0 fully saturated rings. The van der Waals surface area contributed by atoms with E-state index >= 15 is 0 Å². The van der Waals surface area contributed by atoms with Crippen molar-refractivity contribution in [1.82, 2.24) is 5.32 Å². The molecule has 0 aliphatic carbocycles. The molecule has 0 heterocycles. The molecule has 1 N–H and O–H groups in total. The summed E-state index contributed by atoms with van der Waals surface area (Å²) in [4.78, 5) is 0. The summed E-state index contributed by atoms with van der Waals surface area (Å²) in [6.07, 6.45) is 3.50. The van der Waals surface area contributed by atoms with E-state index in [0.717, 1.165) is 19.4 Å². The summed E-state index contributed by atoms with van der Waals surface area (Å²) in [6.45, 7) is 12.4. The van der Waals surface area contributed by atoms with Crippen molar-refractivity contribution in [3.63, 3.8) is 0 Å². The number of hydrogen-bond donors (Lipinski definition) is 1. The van der Waals surface area contributed by atoms with Gasteiger partial charge in [-0.2, -0.15) is 0 Å². The first-order valence-electron chi connectivity index (χ1n) is 7.30. The van der Waals surface area contributed by atoms with Crippen LogP contribution in [0.25, 0.3) is 0 Å². The molecular formula is C17H29N. The lowest BCUT2D eigenvalue weighted by molar-refractivity contribution is 0.281. The average Bonchev–Trinajstić information content (AvgIpc) is 2.37. The third-order valence-corrected chi connectivity index (χ3v) is 3.85. The van der Waals surface area contributed by atoms with Crippen molar-refractivity contribution >= 4 is 0 Å². The second-order valence-electron chi connectivity index (χ2n) is 6.05. The minimum absolute atomic E-state index is 0.359. The highest BCUT2D eigenvalue weighted by molar-refractivity contribution is 5.23. The summed E-state index contributed by atoms with van der Waals surface area (Å²) in [7, 11) is 0. The SMILES string of the molecule is CCc1ccc(CC(C)(CC)CNC(C)C)cc1. The summed E-state index contributed by atoms with van der Waals surface area (Å²) in [5, 5.41) is 3.58. The molecule has 0 bridgehead atoms. The number of nitrogens with one attached hydrogen (secondary N) is 1. The minimum atomic E-state index is 0.359. The molecular weight excluding hydrogens is 218 g/mol. The Labute approximate surface area is 113 Å². The van der Waals surface area contributed by atoms with Gasteiger partial charge in [0.15, 0.2) is 0 Å². The highest BCUT2D eigenvalue weighted by atomic mass is 14.9. The predicted molar refractivity (Wildman–Crippen MR) is 81.1 cm³/mol. The van der Waals surface area contributed by atoms with E-state index in [2.05, 4.69) is 64.2 Å². The Kier molecular flexibility index (Phi) is 5.87. The maximum Gasteiger partial charge on any atom is 0.00106 e. The first-order valence-corrected chi connectivity index (χ1v) is 7.30. The summed E-state index contributed by atoms with van der Waals surface area (Å²) in [5.41, 5.74) is 3.25. The van der Waals surface area contributed by atoms with Gasteiger partial charge in [-0.25, -0.2) is 0 Å². The molecule has 102 valence electrons. The highest BCUT2D eigenvalue weighted by Crippen LogP contribution is 2.26. The molecule has 0 aliphatic heterocycles. The van der Waals surface area contributed by atoms with E-state index in [1.54, 1.807) is 0 Å². The first-order chi connectivity index (χ1) is 8.49. The minimum Gasteiger partial charge on any atom is -0.314 e. The highest BCUT2D eigenvalue weighted by Gasteiger charge is 2.22. The van der Waals surface area contributed by atoms with Crippen LogP contribution >= 0.6 is 0 Å². The standard InChI is InChI=1S/C17H29N/c1-6-15-8-10-16(11-9-15)12-17(5,7-2)13-18-14(3)4/h8-11,14,18H,6-7,12-13H2,1-5H3. The van der Waals surface area contributed by atoms with Gasteiger partial charge in [-0.3, -0.25) is 0 Å². The van der Waals surface area contributed by atoms with Crippen LogP contribution in [-0.2, 0) is 12.8 Å².